The molecule has 6 heteroatoms. The van der Waals surface area contributed by atoms with Crippen molar-refractivity contribution in [1.29, 1.82) is 0 Å². The summed E-state index contributed by atoms with van der Waals surface area (Å²) in [4.78, 5) is 11.0. The van der Waals surface area contributed by atoms with Crippen LogP contribution >= 0.6 is 0 Å². The molecule has 0 aromatic heterocycles. The minimum absolute atomic E-state index is 0. The van der Waals surface area contributed by atoms with E-state index in [0.717, 1.165) is 44.9 Å². The van der Waals surface area contributed by atoms with Crippen LogP contribution in [-0.2, 0) is 4.79 Å². The molecule has 0 unspecified atom stereocenters. The molecule has 4 aliphatic carbocycles. The molecule has 0 saturated heterocycles. The fraction of sp³-hybridized carbons (Fsp3) is 0.962. The molecule has 0 aromatic rings. The van der Waals surface area contributed by atoms with Gasteiger partial charge in [0.1, 0.15) is 0 Å². The Morgan fingerprint density at radius 3 is 2.31 bits per heavy atom. The molecule has 178 valence electrons. The number of rotatable bonds is 5. The van der Waals surface area contributed by atoms with E-state index < -0.39 is 12.1 Å². The zero-order valence-corrected chi connectivity index (χ0v) is 22.8. The summed E-state index contributed by atoms with van der Waals surface area (Å²) in [6.07, 6.45) is 5.95. The van der Waals surface area contributed by atoms with E-state index in [9.17, 15) is 25.2 Å². The van der Waals surface area contributed by atoms with E-state index in [1.807, 2.05) is 0 Å². The Kier molecular flexibility index (Phi) is 8.23. The summed E-state index contributed by atoms with van der Waals surface area (Å²) < 4.78 is 0. The average molecular weight is 459 g/mol. The summed E-state index contributed by atoms with van der Waals surface area (Å²) in [6, 6.07) is 0. The maximum absolute atomic E-state index is 11.7. The number of carboxylic acid groups (broad SMARTS) is 1. The number of fused-ring (bicyclic) bond motifs is 5. The van der Waals surface area contributed by atoms with Crippen molar-refractivity contribution < 1.29 is 54.8 Å². The Bertz CT molecular complexity index is 687. The normalized spacial score (nSPS) is 51.0. The van der Waals surface area contributed by atoms with Crippen LogP contribution in [0.25, 0.3) is 0 Å². The van der Waals surface area contributed by atoms with Crippen LogP contribution in [0.3, 0.4) is 0 Å². The molecule has 0 amide bonds. The van der Waals surface area contributed by atoms with Gasteiger partial charge in [0, 0.05) is 5.97 Å². The zero-order chi connectivity index (χ0) is 22.7. The summed E-state index contributed by atoms with van der Waals surface area (Å²) in [7, 11) is 0. The maximum atomic E-state index is 11.7. The molecule has 0 bridgehead atoms. The van der Waals surface area contributed by atoms with E-state index in [4.69, 9.17) is 0 Å². The van der Waals surface area contributed by atoms with Crippen LogP contribution in [0, 0.1) is 52.3 Å². The fourth-order valence-electron chi connectivity index (χ4n) is 9.57. The number of hydrogen-bond donors (Lipinski definition) is 3. The largest absolute Gasteiger partial charge is 1.00 e. The molecule has 0 radical (unpaired) electrons. The van der Waals surface area contributed by atoms with E-state index in [1.165, 1.54) is 0 Å². The van der Waals surface area contributed by atoms with E-state index in [0.29, 0.717) is 18.3 Å². The van der Waals surface area contributed by atoms with E-state index >= 15 is 0 Å². The standard InChI is InChI=1S/C26H44O5.Na/c1-5-16-18-12-15(27)8-10-25(18,3)17-9-11-26(4)19(22(17)24(16)31)13-20(28)23(26)14(2)6-7-21(29)30;/h14-20,22-24,27-28,31H,5-13H2,1-4H3,(H,29,30);/q;+1/p-1/t14-,15-,16-,17+,18+,19+,20+,22-,23+,24-,25-,26+;/m1./s1. The molecule has 0 aromatic carbocycles. The van der Waals surface area contributed by atoms with Crippen LogP contribution in [0.4, 0.5) is 0 Å². The van der Waals surface area contributed by atoms with Crippen molar-refractivity contribution in [2.24, 2.45) is 52.3 Å². The Morgan fingerprint density at radius 2 is 1.69 bits per heavy atom. The first-order valence-electron chi connectivity index (χ1n) is 12.8. The van der Waals surface area contributed by atoms with Crippen molar-refractivity contribution in [3.63, 3.8) is 0 Å². The third-order valence-electron chi connectivity index (χ3n) is 10.9. The number of aliphatic carboxylic acids is 1. The first-order valence-corrected chi connectivity index (χ1v) is 12.8. The Morgan fingerprint density at radius 1 is 1.03 bits per heavy atom. The van der Waals surface area contributed by atoms with Crippen molar-refractivity contribution in [1.82, 2.24) is 0 Å². The van der Waals surface area contributed by atoms with Gasteiger partial charge >= 0.3 is 29.6 Å². The number of hydrogen-bond acceptors (Lipinski definition) is 5. The van der Waals surface area contributed by atoms with Crippen LogP contribution in [-0.4, -0.2) is 39.6 Å². The zero-order valence-electron chi connectivity index (χ0n) is 20.8. The number of aliphatic hydroxyl groups is 3. The molecule has 0 spiro atoms. The molecule has 3 N–H and O–H groups in total. The predicted octanol–water partition coefficient (Wildman–Crippen LogP) is -0.246. The third kappa shape index (κ3) is 4.15. The van der Waals surface area contributed by atoms with Crippen molar-refractivity contribution in [3.8, 4) is 0 Å². The monoisotopic (exact) mass is 458 g/mol. The molecule has 4 saturated carbocycles. The van der Waals surface area contributed by atoms with E-state index in [1.54, 1.807) is 0 Å². The van der Waals surface area contributed by atoms with Gasteiger partial charge in [0.15, 0.2) is 0 Å². The average Bonchev–Trinajstić information content (AvgIpc) is 2.98. The molecular formula is C26H43NaO5. The molecule has 0 heterocycles. The van der Waals surface area contributed by atoms with Gasteiger partial charge < -0.3 is 25.2 Å². The van der Waals surface area contributed by atoms with Gasteiger partial charge in [-0.2, -0.15) is 0 Å². The van der Waals surface area contributed by atoms with Crippen molar-refractivity contribution in [3.05, 3.63) is 0 Å². The van der Waals surface area contributed by atoms with Gasteiger partial charge in [-0.1, -0.05) is 34.1 Å². The van der Waals surface area contributed by atoms with Crippen LogP contribution < -0.4 is 34.7 Å². The first-order chi connectivity index (χ1) is 14.5. The second-order valence-corrected chi connectivity index (χ2v) is 12.2. The van der Waals surface area contributed by atoms with Crippen LogP contribution in [0.2, 0.25) is 0 Å². The molecule has 4 fully saturated rings. The summed E-state index contributed by atoms with van der Waals surface area (Å²) in [5.41, 5.74) is 0.0807. The van der Waals surface area contributed by atoms with E-state index in [-0.39, 0.29) is 88.6 Å². The number of carbonyl (C=O) groups is 1. The third-order valence-corrected chi connectivity index (χ3v) is 10.9. The minimum atomic E-state index is -1.02. The van der Waals surface area contributed by atoms with Crippen LogP contribution in [0.5, 0.6) is 0 Å². The Hall–Kier alpha value is 0.350. The number of carboxylic acids is 1. The smallest absolute Gasteiger partial charge is 0.550 e. The molecule has 5 nitrogen and oxygen atoms in total. The van der Waals surface area contributed by atoms with Crippen LogP contribution in [0.15, 0.2) is 0 Å². The van der Waals surface area contributed by atoms with Gasteiger partial charge in [-0.05, 0) is 104 Å². The Balaban J connectivity index is 0.00000289. The minimum Gasteiger partial charge on any atom is -0.550 e. The number of aliphatic hydroxyl groups excluding tert-OH is 3. The molecule has 4 rings (SSSR count). The molecule has 4 aliphatic rings. The van der Waals surface area contributed by atoms with Crippen LogP contribution in [0.1, 0.15) is 85.5 Å². The summed E-state index contributed by atoms with van der Waals surface area (Å²) in [5.74, 6) is 0.640. The van der Waals surface area contributed by atoms with Gasteiger partial charge in [0.25, 0.3) is 0 Å². The van der Waals surface area contributed by atoms with Crippen molar-refractivity contribution in [2.45, 2.75) is 104 Å². The van der Waals surface area contributed by atoms with Gasteiger partial charge in [-0.25, -0.2) is 0 Å². The SMILES string of the molecule is CC[C@H]1[C@@H](O)[C@@H]2[C@H](CC[C@]3(C)[C@@H]([C@H](C)CCC(=O)[O-])[C@@H](O)C[C@@H]23)[C@@]2(C)CC[C@@H](O)C[C@@H]12.[Na+]. The Labute approximate surface area is 216 Å². The molecule has 0 aliphatic heterocycles. The number of carbonyl (C=O) groups excluding carboxylic acids is 1. The van der Waals surface area contributed by atoms with E-state index in [2.05, 4.69) is 27.7 Å². The van der Waals surface area contributed by atoms with Gasteiger partial charge in [-0.15, -0.1) is 0 Å². The summed E-state index contributed by atoms with van der Waals surface area (Å²) in [5, 5.41) is 44.3. The topological polar surface area (TPSA) is 101 Å². The molecule has 32 heavy (non-hydrogen) atoms. The second kappa shape index (κ2) is 9.78. The van der Waals surface area contributed by atoms with Crippen molar-refractivity contribution in [2.75, 3.05) is 0 Å². The maximum Gasteiger partial charge on any atom is 1.00 e. The fourth-order valence-corrected chi connectivity index (χ4v) is 9.57. The second-order valence-electron chi connectivity index (χ2n) is 12.2. The quantitative estimate of drug-likeness (QED) is 0.494. The molecule has 12 atom stereocenters. The molecular weight excluding hydrogens is 415 g/mol. The summed E-state index contributed by atoms with van der Waals surface area (Å²) >= 11 is 0. The van der Waals surface area contributed by atoms with Crippen molar-refractivity contribution >= 4 is 5.97 Å². The summed E-state index contributed by atoms with van der Waals surface area (Å²) in [6.45, 7) is 8.98. The van der Waals surface area contributed by atoms with Gasteiger partial charge in [0.05, 0.1) is 18.3 Å². The first kappa shape index (κ1) is 26.9. The predicted molar refractivity (Wildman–Crippen MR) is 117 cm³/mol. The van der Waals surface area contributed by atoms with Gasteiger partial charge in [-0.3, -0.25) is 0 Å². The van der Waals surface area contributed by atoms with Gasteiger partial charge in [0.2, 0.25) is 0 Å².